The van der Waals surface area contributed by atoms with Crippen molar-refractivity contribution < 1.29 is 4.42 Å². The molecule has 1 aliphatic rings. The van der Waals surface area contributed by atoms with Crippen LogP contribution in [0.3, 0.4) is 0 Å². The molecule has 0 amide bonds. The van der Waals surface area contributed by atoms with Crippen molar-refractivity contribution in [3.8, 4) is 33.5 Å². The van der Waals surface area contributed by atoms with Crippen LogP contribution in [0.2, 0.25) is 0 Å². The molecule has 3 heteroatoms. The summed E-state index contributed by atoms with van der Waals surface area (Å²) in [4.78, 5) is 9.93. The Bertz CT molecular complexity index is 2980. The lowest BCUT2D eigenvalue weighted by molar-refractivity contribution is 0.672. The zero-order valence-corrected chi connectivity index (χ0v) is 28.9. The monoisotopic (exact) mass is 666 g/mol. The number of fused-ring (bicyclic) bond motifs is 9. The second-order valence-electron chi connectivity index (χ2n) is 13.7. The fourth-order valence-corrected chi connectivity index (χ4v) is 8.14. The summed E-state index contributed by atoms with van der Waals surface area (Å²) in [6.45, 7) is 6.05. The molecule has 3 nitrogen and oxygen atoms in total. The Balaban J connectivity index is 1.04. The molecular formula is C49H34N2O. The minimum atomic E-state index is 0.922. The maximum atomic E-state index is 6.55. The predicted molar refractivity (Wildman–Crippen MR) is 219 cm³/mol. The molecule has 0 N–H and O–H groups in total. The van der Waals surface area contributed by atoms with Gasteiger partial charge in [0.15, 0.2) is 0 Å². The maximum absolute atomic E-state index is 6.55. The molecule has 0 spiro atoms. The molecule has 3 heterocycles. The average molecular weight is 667 g/mol. The van der Waals surface area contributed by atoms with Crippen molar-refractivity contribution in [2.45, 2.75) is 19.8 Å². The summed E-state index contributed by atoms with van der Waals surface area (Å²) in [6.07, 6.45) is 14.2. The van der Waals surface area contributed by atoms with Gasteiger partial charge in [0.2, 0.25) is 0 Å². The quantitative estimate of drug-likeness (QED) is 0.172. The van der Waals surface area contributed by atoms with Crippen LogP contribution in [0, 0.1) is 6.92 Å². The van der Waals surface area contributed by atoms with Gasteiger partial charge in [0.1, 0.15) is 11.2 Å². The van der Waals surface area contributed by atoms with Crippen LogP contribution >= 0.6 is 0 Å². The zero-order valence-electron chi connectivity index (χ0n) is 28.9. The van der Waals surface area contributed by atoms with Gasteiger partial charge in [-0.05, 0) is 112 Å². The number of hydrogen-bond donors (Lipinski definition) is 0. The molecule has 0 saturated carbocycles. The van der Waals surface area contributed by atoms with Crippen LogP contribution in [-0.2, 0) is 6.42 Å². The Labute approximate surface area is 301 Å². The SMILES string of the molecule is C=C/C=C\c1c(-c2ccc3cc(-c4ccc(-c5nc6c(c7c5ccc5c8ccccc8oc57)CCC=C6)cc4)ccc3c2)cc2cccnc2c1C. The van der Waals surface area contributed by atoms with Crippen molar-refractivity contribution in [1.82, 2.24) is 9.97 Å². The number of rotatable bonds is 5. The first-order valence-corrected chi connectivity index (χ1v) is 17.9. The molecule has 52 heavy (non-hydrogen) atoms. The molecule has 0 saturated heterocycles. The Morgan fingerprint density at radius 1 is 0.712 bits per heavy atom. The van der Waals surface area contributed by atoms with Crippen LogP contribution in [0.4, 0.5) is 0 Å². The number of benzene rings is 6. The molecule has 0 bridgehead atoms. The van der Waals surface area contributed by atoms with E-state index in [0.717, 1.165) is 68.0 Å². The average Bonchev–Trinajstić information content (AvgIpc) is 3.59. The molecule has 9 aromatic rings. The van der Waals surface area contributed by atoms with Crippen LogP contribution in [0.25, 0.3) is 100 Å². The second-order valence-corrected chi connectivity index (χ2v) is 13.7. The van der Waals surface area contributed by atoms with Gasteiger partial charge in [0.05, 0.1) is 16.9 Å². The van der Waals surface area contributed by atoms with Gasteiger partial charge in [-0.3, -0.25) is 4.98 Å². The lowest BCUT2D eigenvalue weighted by atomic mass is 9.90. The Hall–Kier alpha value is -6.58. The van der Waals surface area contributed by atoms with E-state index in [-0.39, 0.29) is 0 Å². The first-order valence-electron chi connectivity index (χ1n) is 17.9. The van der Waals surface area contributed by atoms with E-state index in [1.165, 1.54) is 55.1 Å². The number of nitrogens with zero attached hydrogens (tertiary/aromatic N) is 2. The highest BCUT2D eigenvalue weighted by Gasteiger charge is 2.21. The first-order chi connectivity index (χ1) is 25.6. The molecule has 0 atom stereocenters. The van der Waals surface area contributed by atoms with Crippen LogP contribution in [0.5, 0.6) is 0 Å². The van der Waals surface area contributed by atoms with Gasteiger partial charge in [-0.25, -0.2) is 4.98 Å². The molecule has 246 valence electrons. The molecular weight excluding hydrogens is 633 g/mol. The highest BCUT2D eigenvalue weighted by atomic mass is 16.3. The molecule has 10 rings (SSSR count). The van der Waals surface area contributed by atoms with E-state index < -0.39 is 0 Å². The summed E-state index contributed by atoms with van der Waals surface area (Å²) in [5, 5.41) is 8.19. The third-order valence-electron chi connectivity index (χ3n) is 10.7. The standard InChI is InChI=1S/C49H34N2O/c1-3-4-11-38-30(2)47-37(10-9-26-50-47)29-43(38)36-23-22-34-27-33(20-21-35(34)28-36)31-16-18-32(19-17-31)48-42-25-24-40-39-12-6-8-15-45(39)52-49(40)46(42)41-13-5-7-14-44(41)51-48/h3-4,6-12,14-29H,1,5,13H2,2H3/b11-4-. The van der Waals surface area contributed by atoms with Gasteiger partial charge < -0.3 is 4.42 Å². The lowest BCUT2D eigenvalue weighted by Gasteiger charge is -2.17. The van der Waals surface area contributed by atoms with Crippen molar-refractivity contribution in [1.29, 1.82) is 0 Å². The molecule has 1 aliphatic carbocycles. The van der Waals surface area contributed by atoms with Crippen LogP contribution in [0.15, 0.2) is 151 Å². The van der Waals surface area contributed by atoms with E-state index in [2.05, 4.69) is 140 Å². The molecule has 3 aromatic heterocycles. The van der Waals surface area contributed by atoms with E-state index in [4.69, 9.17) is 9.40 Å². The fraction of sp³-hybridized carbons (Fsp3) is 0.0612. The largest absolute Gasteiger partial charge is 0.455 e. The highest BCUT2D eigenvalue weighted by molar-refractivity contribution is 6.18. The second kappa shape index (κ2) is 12.0. The highest BCUT2D eigenvalue weighted by Crippen LogP contribution is 2.42. The fourth-order valence-electron chi connectivity index (χ4n) is 8.14. The van der Waals surface area contributed by atoms with E-state index >= 15 is 0 Å². The summed E-state index contributed by atoms with van der Waals surface area (Å²) >= 11 is 0. The number of hydrogen-bond acceptors (Lipinski definition) is 3. The minimum Gasteiger partial charge on any atom is -0.455 e. The van der Waals surface area contributed by atoms with E-state index in [1.807, 2.05) is 30.5 Å². The summed E-state index contributed by atoms with van der Waals surface area (Å²) in [6, 6.07) is 41.5. The molecule has 0 unspecified atom stereocenters. The molecule has 0 fully saturated rings. The molecule has 0 aliphatic heterocycles. The topological polar surface area (TPSA) is 38.9 Å². The van der Waals surface area contributed by atoms with E-state index in [0.29, 0.717) is 0 Å². The van der Waals surface area contributed by atoms with Gasteiger partial charge in [-0.15, -0.1) is 0 Å². The van der Waals surface area contributed by atoms with Gasteiger partial charge in [0.25, 0.3) is 0 Å². The number of pyridine rings is 2. The van der Waals surface area contributed by atoms with Crippen molar-refractivity contribution in [2.24, 2.45) is 0 Å². The molecule has 0 radical (unpaired) electrons. The van der Waals surface area contributed by atoms with Crippen LogP contribution in [-0.4, -0.2) is 9.97 Å². The van der Waals surface area contributed by atoms with Crippen LogP contribution < -0.4 is 0 Å². The number of aryl methyl sites for hydroxylation is 2. The lowest BCUT2D eigenvalue weighted by Crippen LogP contribution is -2.01. The Morgan fingerprint density at radius 3 is 2.35 bits per heavy atom. The van der Waals surface area contributed by atoms with Crippen molar-refractivity contribution in [3.05, 3.63) is 169 Å². The maximum Gasteiger partial charge on any atom is 0.143 e. The Kier molecular flexibility index (Phi) is 7.00. The minimum absolute atomic E-state index is 0.922. The van der Waals surface area contributed by atoms with Gasteiger partial charge in [-0.2, -0.15) is 0 Å². The summed E-state index contributed by atoms with van der Waals surface area (Å²) in [7, 11) is 0. The summed E-state index contributed by atoms with van der Waals surface area (Å²) in [5.41, 5.74) is 14.4. The van der Waals surface area contributed by atoms with Crippen molar-refractivity contribution in [3.63, 3.8) is 0 Å². The van der Waals surface area contributed by atoms with Crippen molar-refractivity contribution in [2.75, 3.05) is 0 Å². The number of para-hydroxylation sites is 1. The smallest absolute Gasteiger partial charge is 0.143 e. The summed E-state index contributed by atoms with van der Waals surface area (Å²) < 4.78 is 6.55. The predicted octanol–water partition coefficient (Wildman–Crippen LogP) is 13.3. The third-order valence-corrected chi connectivity index (χ3v) is 10.7. The zero-order chi connectivity index (χ0) is 34.8. The summed E-state index contributed by atoms with van der Waals surface area (Å²) in [5.74, 6) is 0. The van der Waals surface area contributed by atoms with Crippen LogP contribution in [0.1, 0.15) is 28.8 Å². The molecule has 6 aromatic carbocycles. The van der Waals surface area contributed by atoms with E-state index in [9.17, 15) is 0 Å². The number of furan rings is 1. The van der Waals surface area contributed by atoms with E-state index in [1.54, 1.807) is 0 Å². The third kappa shape index (κ3) is 4.81. The van der Waals surface area contributed by atoms with Gasteiger partial charge in [0, 0.05) is 38.7 Å². The number of allylic oxidation sites excluding steroid dienone is 3. The van der Waals surface area contributed by atoms with Gasteiger partial charge in [-0.1, -0.05) is 110 Å². The van der Waals surface area contributed by atoms with Gasteiger partial charge >= 0.3 is 0 Å². The normalized spacial score (nSPS) is 12.9. The number of aromatic nitrogens is 2. The first kappa shape index (κ1) is 30.3. The van der Waals surface area contributed by atoms with Crippen molar-refractivity contribution >= 4 is 66.5 Å². The Morgan fingerprint density at radius 2 is 1.48 bits per heavy atom.